The monoisotopic (exact) mass is 252 g/mol. The minimum Gasteiger partial charge on any atom is -0.292 e. The fourth-order valence-corrected chi connectivity index (χ4v) is 1.35. The van der Waals surface area contributed by atoms with Crippen LogP contribution in [0.4, 0.5) is 5.82 Å². The van der Waals surface area contributed by atoms with Gasteiger partial charge in [0.1, 0.15) is 5.82 Å². The Morgan fingerprint density at radius 1 is 1.50 bits per heavy atom. The molecule has 18 heavy (non-hydrogen) atoms. The van der Waals surface area contributed by atoms with Crippen molar-refractivity contribution in [1.29, 1.82) is 0 Å². The topological polar surface area (TPSA) is 70.5 Å². The molecule has 6 nitrogen and oxygen atoms in total. The summed E-state index contributed by atoms with van der Waals surface area (Å²) < 4.78 is 1.02. The van der Waals surface area contributed by atoms with Crippen molar-refractivity contribution in [1.82, 2.24) is 9.55 Å². The fourth-order valence-electron chi connectivity index (χ4n) is 1.35. The maximum Gasteiger partial charge on any atom is 0.329 e. The second-order valence-electron chi connectivity index (χ2n) is 4.50. The van der Waals surface area contributed by atoms with Crippen molar-refractivity contribution >= 4 is 12.0 Å². The Balaban J connectivity index is 2.99. The van der Waals surface area contributed by atoms with Crippen LogP contribution in [0.5, 0.6) is 0 Å². The van der Waals surface area contributed by atoms with Gasteiger partial charge in [0.25, 0.3) is 5.56 Å². The molecule has 0 spiro atoms. The van der Waals surface area contributed by atoms with Gasteiger partial charge >= 0.3 is 5.69 Å². The highest BCUT2D eigenvalue weighted by Gasteiger charge is 2.06. The lowest BCUT2D eigenvalue weighted by molar-refractivity contribution is 0.686. The normalized spacial score (nSPS) is 11.4. The summed E-state index contributed by atoms with van der Waals surface area (Å²) >= 11 is 0. The van der Waals surface area contributed by atoms with Crippen molar-refractivity contribution < 1.29 is 0 Å². The standard InChI is InChI=1S/C12H20N4O2/c1-5-16(13-7-6-9(2)3)10-8-11(17)15(4)12(18)14-10/h7-9H,5-6H2,1-4H3,(H,14,18)/b13-7-. The minimum atomic E-state index is -0.435. The van der Waals surface area contributed by atoms with Crippen LogP contribution in [0.15, 0.2) is 20.8 Å². The molecule has 0 amide bonds. The van der Waals surface area contributed by atoms with E-state index in [0.717, 1.165) is 11.0 Å². The molecule has 0 unspecified atom stereocenters. The summed E-state index contributed by atoms with van der Waals surface area (Å²) in [6, 6.07) is 1.37. The molecule has 0 radical (unpaired) electrons. The molecular weight excluding hydrogens is 232 g/mol. The molecule has 1 N–H and O–H groups in total. The molecule has 0 aromatic carbocycles. The first-order valence-electron chi connectivity index (χ1n) is 6.06. The molecule has 0 aliphatic rings. The molecule has 100 valence electrons. The van der Waals surface area contributed by atoms with Gasteiger partial charge in [-0.15, -0.1) is 0 Å². The third-order valence-electron chi connectivity index (χ3n) is 2.51. The Labute approximate surface area is 106 Å². The highest BCUT2D eigenvalue weighted by Crippen LogP contribution is 2.05. The number of rotatable bonds is 5. The van der Waals surface area contributed by atoms with E-state index in [-0.39, 0.29) is 5.56 Å². The molecular formula is C12H20N4O2. The van der Waals surface area contributed by atoms with Crippen LogP contribution in [0.2, 0.25) is 0 Å². The number of nitrogens with one attached hydrogen (secondary N) is 1. The van der Waals surface area contributed by atoms with E-state index in [2.05, 4.69) is 23.9 Å². The highest BCUT2D eigenvalue weighted by molar-refractivity contribution is 5.59. The molecule has 1 heterocycles. The predicted octanol–water partition coefficient (Wildman–Crippen LogP) is 0.932. The summed E-state index contributed by atoms with van der Waals surface area (Å²) in [5.74, 6) is 0.945. The summed E-state index contributed by atoms with van der Waals surface area (Å²) in [5.41, 5.74) is -0.777. The summed E-state index contributed by atoms with van der Waals surface area (Å²) in [4.78, 5) is 25.6. The lowest BCUT2D eigenvalue weighted by Crippen LogP contribution is -2.34. The van der Waals surface area contributed by atoms with Crippen LogP contribution in [-0.2, 0) is 7.05 Å². The molecule has 1 aromatic rings. The summed E-state index contributed by atoms with van der Waals surface area (Å²) in [6.07, 6.45) is 2.65. The Bertz CT molecular complexity index is 496. The maximum absolute atomic E-state index is 11.5. The number of hydrazone groups is 1. The number of H-pyrrole nitrogens is 1. The van der Waals surface area contributed by atoms with Gasteiger partial charge in [0.2, 0.25) is 0 Å². The van der Waals surface area contributed by atoms with Crippen molar-refractivity contribution in [3.63, 3.8) is 0 Å². The molecule has 0 aliphatic heterocycles. The molecule has 0 aliphatic carbocycles. The zero-order chi connectivity index (χ0) is 13.7. The van der Waals surface area contributed by atoms with E-state index in [9.17, 15) is 9.59 Å². The van der Waals surface area contributed by atoms with E-state index >= 15 is 0 Å². The Morgan fingerprint density at radius 2 is 2.17 bits per heavy atom. The molecule has 1 aromatic heterocycles. The van der Waals surface area contributed by atoms with Gasteiger partial charge in [-0.25, -0.2) is 9.80 Å². The first-order chi connectivity index (χ1) is 8.45. The highest BCUT2D eigenvalue weighted by atomic mass is 16.2. The Hall–Kier alpha value is -1.85. The SMILES string of the molecule is CCN(/N=C\CC(C)C)c1cc(=O)n(C)c(=O)[nH]1. The van der Waals surface area contributed by atoms with E-state index in [1.54, 1.807) is 11.2 Å². The molecule has 6 heteroatoms. The van der Waals surface area contributed by atoms with Crippen LogP contribution in [0, 0.1) is 5.92 Å². The first-order valence-corrected chi connectivity index (χ1v) is 6.06. The van der Waals surface area contributed by atoms with Crippen LogP contribution in [0.3, 0.4) is 0 Å². The second kappa shape index (κ2) is 6.18. The van der Waals surface area contributed by atoms with E-state index in [1.807, 2.05) is 6.92 Å². The molecule has 0 atom stereocenters. The van der Waals surface area contributed by atoms with Gasteiger partial charge in [-0.1, -0.05) is 13.8 Å². The minimum absolute atomic E-state index is 0.341. The molecule has 0 saturated heterocycles. The quantitative estimate of drug-likeness (QED) is 0.626. The summed E-state index contributed by atoms with van der Waals surface area (Å²) in [7, 11) is 1.43. The summed E-state index contributed by atoms with van der Waals surface area (Å²) in [6.45, 7) is 6.69. The fraction of sp³-hybridized carbons (Fsp3) is 0.583. The van der Waals surface area contributed by atoms with E-state index in [0.29, 0.717) is 18.3 Å². The van der Waals surface area contributed by atoms with Crippen LogP contribution in [0.25, 0.3) is 0 Å². The van der Waals surface area contributed by atoms with Crippen molar-refractivity contribution in [2.24, 2.45) is 18.1 Å². The van der Waals surface area contributed by atoms with Gasteiger partial charge < -0.3 is 0 Å². The Kier molecular flexibility index (Phi) is 4.88. The second-order valence-corrected chi connectivity index (χ2v) is 4.50. The third-order valence-corrected chi connectivity index (χ3v) is 2.51. The zero-order valence-corrected chi connectivity index (χ0v) is 11.3. The Morgan fingerprint density at radius 3 is 2.67 bits per heavy atom. The average molecular weight is 252 g/mol. The van der Waals surface area contributed by atoms with Gasteiger partial charge in [-0.3, -0.25) is 14.3 Å². The molecule has 0 saturated carbocycles. The van der Waals surface area contributed by atoms with Gasteiger partial charge in [-0.2, -0.15) is 5.10 Å². The van der Waals surface area contributed by atoms with Crippen LogP contribution >= 0.6 is 0 Å². The van der Waals surface area contributed by atoms with Crippen LogP contribution in [0.1, 0.15) is 27.2 Å². The zero-order valence-electron chi connectivity index (χ0n) is 11.3. The van der Waals surface area contributed by atoms with E-state index in [1.165, 1.54) is 13.1 Å². The smallest absolute Gasteiger partial charge is 0.292 e. The van der Waals surface area contributed by atoms with E-state index in [4.69, 9.17) is 0 Å². The summed E-state index contributed by atoms with van der Waals surface area (Å²) in [5, 5.41) is 5.86. The van der Waals surface area contributed by atoms with Crippen molar-refractivity contribution in [3.8, 4) is 0 Å². The van der Waals surface area contributed by atoms with Crippen molar-refractivity contribution in [2.45, 2.75) is 27.2 Å². The first kappa shape index (κ1) is 14.2. The molecule has 0 fully saturated rings. The van der Waals surface area contributed by atoms with Crippen molar-refractivity contribution in [2.75, 3.05) is 11.6 Å². The van der Waals surface area contributed by atoms with E-state index < -0.39 is 5.69 Å². The third kappa shape index (κ3) is 3.58. The average Bonchev–Trinajstić information content (AvgIpc) is 2.30. The van der Waals surface area contributed by atoms with Crippen LogP contribution < -0.4 is 16.3 Å². The van der Waals surface area contributed by atoms with Crippen LogP contribution in [-0.4, -0.2) is 22.3 Å². The largest absolute Gasteiger partial charge is 0.329 e. The number of aromatic nitrogens is 2. The van der Waals surface area contributed by atoms with Gasteiger partial charge in [0, 0.05) is 25.9 Å². The molecule has 0 bridgehead atoms. The number of aromatic amines is 1. The van der Waals surface area contributed by atoms with Crippen molar-refractivity contribution in [3.05, 3.63) is 26.9 Å². The van der Waals surface area contributed by atoms with Gasteiger partial charge in [0.15, 0.2) is 0 Å². The van der Waals surface area contributed by atoms with Gasteiger partial charge in [-0.05, 0) is 19.3 Å². The molecule has 1 rings (SSSR count). The maximum atomic E-state index is 11.5. The number of anilines is 1. The van der Waals surface area contributed by atoms with Gasteiger partial charge in [0.05, 0.1) is 0 Å². The number of hydrogen-bond acceptors (Lipinski definition) is 4. The number of hydrogen-bond donors (Lipinski definition) is 1. The predicted molar refractivity (Wildman–Crippen MR) is 73.3 cm³/mol. The number of nitrogens with zero attached hydrogens (tertiary/aromatic N) is 3. The lowest BCUT2D eigenvalue weighted by Gasteiger charge is -2.16. The lowest BCUT2D eigenvalue weighted by atomic mass is 10.2.